The first-order chi connectivity index (χ1) is 25.8. The normalized spacial score (nSPS) is 11.5. The van der Waals surface area contributed by atoms with Crippen LogP contribution < -0.4 is 4.90 Å². The molecule has 10 aromatic rings. The second-order valence-corrected chi connectivity index (χ2v) is 13.3. The summed E-state index contributed by atoms with van der Waals surface area (Å²) in [6.45, 7) is 0. The first kappa shape index (κ1) is 30.0. The van der Waals surface area contributed by atoms with Crippen LogP contribution in [0, 0.1) is 0 Å². The van der Waals surface area contributed by atoms with E-state index in [4.69, 9.17) is 4.42 Å². The molecule has 9 aromatic carbocycles. The summed E-state index contributed by atoms with van der Waals surface area (Å²) in [4.78, 5) is 2.37. The molecule has 2 heteroatoms. The third-order valence-corrected chi connectivity index (χ3v) is 10.2. The monoisotopic (exact) mass is 663 g/mol. The minimum absolute atomic E-state index is 0.902. The van der Waals surface area contributed by atoms with Gasteiger partial charge in [0.2, 0.25) is 0 Å². The molecule has 52 heavy (non-hydrogen) atoms. The van der Waals surface area contributed by atoms with Gasteiger partial charge in [0, 0.05) is 27.8 Å². The van der Waals surface area contributed by atoms with E-state index >= 15 is 0 Å². The Morgan fingerprint density at radius 3 is 1.50 bits per heavy atom. The fraction of sp³-hybridized carbons (Fsp3) is 0. The quantitative estimate of drug-likeness (QED) is 0.176. The fourth-order valence-corrected chi connectivity index (χ4v) is 7.73. The molecule has 0 saturated carbocycles. The molecule has 0 atom stereocenters. The Morgan fingerprint density at radius 2 is 0.788 bits per heavy atom. The van der Waals surface area contributed by atoms with E-state index in [0.29, 0.717) is 0 Å². The standard InChI is InChI=1S/C50H33NO/c1-3-19-43-34(11-1)13-9-22-45(43)36-25-28-40(29-26-36)51(42-18-8-16-39(32-42)46-23-10-14-35-12-2-4-20-44(35)46)41-17-7-15-37(31-41)38-27-30-50-48(33-38)47-21-5-6-24-49(47)52-50/h1-33H. The largest absolute Gasteiger partial charge is 0.456 e. The molecule has 244 valence electrons. The molecule has 0 saturated heterocycles. The molecule has 0 radical (unpaired) electrons. The highest BCUT2D eigenvalue weighted by atomic mass is 16.3. The first-order valence-electron chi connectivity index (χ1n) is 17.8. The zero-order valence-electron chi connectivity index (χ0n) is 28.4. The minimum atomic E-state index is 0.902. The van der Waals surface area contributed by atoms with Crippen molar-refractivity contribution in [2.45, 2.75) is 0 Å². The maximum atomic E-state index is 6.15. The van der Waals surface area contributed by atoms with Gasteiger partial charge in [0.15, 0.2) is 0 Å². The Bertz CT molecular complexity index is 2910. The number of fused-ring (bicyclic) bond motifs is 5. The number of nitrogens with zero attached hydrogens (tertiary/aromatic N) is 1. The van der Waals surface area contributed by atoms with Gasteiger partial charge in [0.1, 0.15) is 11.2 Å². The van der Waals surface area contributed by atoms with Crippen molar-refractivity contribution in [3.63, 3.8) is 0 Å². The van der Waals surface area contributed by atoms with Gasteiger partial charge in [0.25, 0.3) is 0 Å². The van der Waals surface area contributed by atoms with Crippen LogP contribution in [0.1, 0.15) is 0 Å². The van der Waals surface area contributed by atoms with Crippen LogP contribution in [0.2, 0.25) is 0 Å². The van der Waals surface area contributed by atoms with Crippen LogP contribution >= 0.6 is 0 Å². The second kappa shape index (κ2) is 12.5. The molecule has 0 aliphatic carbocycles. The van der Waals surface area contributed by atoms with Crippen LogP contribution in [0.15, 0.2) is 205 Å². The predicted octanol–water partition coefficient (Wildman–Crippen LogP) is 14.4. The number of hydrogen-bond acceptors (Lipinski definition) is 2. The van der Waals surface area contributed by atoms with Gasteiger partial charge in [-0.3, -0.25) is 0 Å². The molecule has 1 aromatic heterocycles. The van der Waals surface area contributed by atoms with Crippen molar-refractivity contribution in [2.24, 2.45) is 0 Å². The summed E-state index contributed by atoms with van der Waals surface area (Å²) in [5.74, 6) is 0. The summed E-state index contributed by atoms with van der Waals surface area (Å²) in [5.41, 5.74) is 12.2. The van der Waals surface area contributed by atoms with Crippen molar-refractivity contribution in [2.75, 3.05) is 4.90 Å². The molecule has 0 fully saturated rings. The summed E-state index contributed by atoms with van der Waals surface area (Å²) in [5, 5.41) is 7.25. The molecule has 10 rings (SSSR count). The SMILES string of the molecule is c1cc(-c2ccc3oc4ccccc4c3c2)cc(N(c2ccc(-c3cccc4ccccc34)cc2)c2cccc(-c3cccc4ccccc34)c2)c1. The lowest BCUT2D eigenvalue weighted by Gasteiger charge is -2.27. The van der Waals surface area contributed by atoms with Crippen LogP contribution in [-0.4, -0.2) is 0 Å². The third kappa shape index (κ3) is 5.21. The van der Waals surface area contributed by atoms with E-state index in [1.165, 1.54) is 43.8 Å². The topological polar surface area (TPSA) is 16.4 Å². The van der Waals surface area contributed by atoms with E-state index in [2.05, 4.69) is 193 Å². The number of para-hydroxylation sites is 1. The van der Waals surface area contributed by atoms with Gasteiger partial charge in [-0.25, -0.2) is 0 Å². The zero-order valence-corrected chi connectivity index (χ0v) is 28.4. The number of hydrogen-bond donors (Lipinski definition) is 0. The Balaban J connectivity index is 1.11. The van der Waals surface area contributed by atoms with E-state index in [1.807, 2.05) is 12.1 Å². The summed E-state index contributed by atoms with van der Waals surface area (Å²) in [6.07, 6.45) is 0. The number of benzene rings is 9. The molecule has 0 amide bonds. The lowest BCUT2D eigenvalue weighted by Crippen LogP contribution is -2.10. The summed E-state index contributed by atoms with van der Waals surface area (Å²) in [6, 6.07) is 71.9. The Labute approximate surface area is 302 Å². The van der Waals surface area contributed by atoms with Crippen molar-refractivity contribution >= 4 is 60.5 Å². The highest BCUT2D eigenvalue weighted by molar-refractivity contribution is 6.06. The van der Waals surface area contributed by atoms with E-state index in [-0.39, 0.29) is 0 Å². The number of furan rings is 1. The lowest BCUT2D eigenvalue weighted by molar-refractivity contribution is 0.669. The predicted molar refractivity (Wildman–Crippen MR) is 220 cm³/mol. The van der Waals surface area contributed by atoms with E-state index in [0.717, 1.165) is 50.1 Å². The smallest absolute Gasteiger partial charge is 0.135 e. The van der Waals surface area contributed by atoms with Gasteiger partial charge in [-0.1, -0.05) is 146 Å². The van der Waals surface area contributed by atoms with Crippen LogP contribution in [-0.2, 0) is 0 Å². The van der Waals surface area contributed by atoms with Crippen molar-refractivity contribution in [1.29, 1.82) is 0 Å². The summed E-state index contributed by atoms with van der Waals surface area (Å²) < 4.78 is 6.15. The van der Waals surface area contributed by atoms with Crippen molar-refractivity contribution in [1.82, 2.24) is 0 Å². The molecule has 2 nitrogen and oxygen atoms in total. The van der Waals surface area contributed by atoms with Crippen molar-refractivity contribution in [3.05, 3.63) is 200 Å². The molecule has 0 unspecified atom stereocenters. The average Bonchev–Trinajstić information content (AvgIpc) is 3.59. The second-order valence-electron chi connectivity index (χ2n) is 13.3. The zero-order chi connectivity index (χ0) is 34.4. The number of anilines is 3. The minimum Gasteiger partial charge on any atom is -0.456 e. The Kier molecular flexibility index (Phi) is 7.18. The first-order valence-corrected chi connectivity index (χ1v) is 17.8. The molecule has 0 aliphatic rings. The maximum absolute atomic E-state index is 6.15. The summed E-state index contributed by atoms with van der Waals surface area (Å²) in [7, 11) is 0. The molecule has 0 N–H and O–H groups in total. The van der Waals surface area contributed by atoms with Gasteiger partial charge in [-0.05, 0) is 110 Å². The van der Waals surface area contributed by atoms with Gasteiger partial charge < -0.3 is 9.32 Å². The Hall–Kier alpha value is -6.90. The highest BCUT2D eigenvalue weighted by Crippen LogP contribution is 2.41. The van der Waals surface area contributed by atoms with Gasteiger partial charge >= 0.3 is 0 Å². The molecule has 1 heterocycles. The maximum Gasteiger partial charge on any atom is 0.135 e. The molecule has 0 aliphatic heterocycles. The molecular weight excluding hydrogens is 631 g/mol. The Morgan fingerprint density at radius 1 is 0.288 bits per heavy atom. The summed E-state index contributed by atoms with van der Waals surface area (Å²) >= 11 is 0. The molecule has 0 bridgehead atoms. The van der Waals surface area contributed by atoms with Crippen molar-refractivity contribution < 1.29 is 4.42 Å². The third-order valence-electron chi connectivity index (χ3n) is 10.2. The van der Waals surface area contributed by atoms with Crippen LogP contribution in [0.25, 0.3) is 76.9 Å². The lowest BCUT2D eigenvalue weighted by atomic mass is 9.97. The number of rotatable bonds is 6. The van der Waals surface area contributed by atoms with Gasteiger partial charge in [-0.2, -0.15) is 0 Å². The van der Waals surface area contributed by atoms with Crippen LogP contribution in [0.5, 0.6) is 0 Å². The molecular formula is C50H33NO. The van der Waals surface area contributed by atoms with Crippen molar-refractivity contribution in [3.8, 4) is 33.4 Å². The van der Waals surface area contributed by atoms with Crippen LogP contribution in [0.4, 0.5) is 17.1 Å². The van der Waals surface area contributed by atoms with Gasteiger partial charge in [-0.15, -0.1) is 0 Å². The fourth-order valence-electron chi connectivity index (χ4n) is 7.73. The van der Waals surface area contributed by atoms with Crippen LogP contribution in [0.3, 0.4) is 0 Å². The van der Waals surface area contributed by atoms with E-state index in [1.54, 1.807) is 0 Å². The average molecular weight is 664 g/mol. The van der Waals surface area contributed by atoms with Gasteiger partial charge in [0.05, 0.1) is 0 Å². The highest BCUT2D eigenvalue weighted by Gasteiger charge is 2.17. The van der Waals surface area contributed by atoms with E-state index in [9.17, 15) is 0 Å². The molecule has 0 spiro atoms. The van der Waals surface area contributed by atoms with E-state index < -0.39 is 0 Å².